The van der Waals surface area contributed by atoms with Crippen molar-refractivity contribution in [3.05, 3.63) is 33.8 Å². The van der Waals surface area contributed by atoms with Crippen molar-refractivity contribution < 1.29 is 14.3 Å². The molecule has 25 heavy (non-hydrogen) atoms. The minimum absolute atomic E-state index is 0.137. The van der Waals surface area contributed by atoms with Crippen LogP contribution >= 0.6 is 15.9 Å². The number of amides is 1. The lowest BCUT2D eigenvalue weighted by Gasteiger charge is -2.40. The Morgan fingerprint density at radius 1 is 1.32 bits per heavy atom. The molecule has 0 aliphatic carbocycles. The molecular weight excluding hydrogens is 384 g/mol. The smallest absolute Gasteiger partial charge is 0.410 e. The summed E-state index contributed by atoms with van der Waals surface area (Å²) < 4.78 is 11.8. The van der Waals surface area contributed by atoms with E-state index in [4.69, 9.17) is 9.47 Å². The number of carbonyl (C=O) groups is 1. The van der Waals surface area contributed by atoms with Gasteiger partial charge in [-0.2, -0.15) is 0 Å². The van der Waals surface area contributed by atoms with Gasteiger partial charge in [0.15, 0.2) is 0 Å². The van der Waals surface area contributed by atoms with Crippen LogP contribution in [-0.2, 0) is 22.6 Å². The molecule has 1 amide bonds. The fourth-order valence-corrected chi connectivity index (χ4v) is 3.38. The predicted molar refractivity (Wildman–Crippen MR) is 103 cm³/mol. The van der Waals surface area contributed by atoms with E-state index < -0.39 is 5.60 Å². The third-order valence-electron chi connectivity index (χ3n) is 4.16. The van der Waals surface area contributed by atoms with Crippen LogP contribution in [0.1, 0.15) is 38.8 Å². The molecular formula is C19H29BrN2O3. The number of hydrogen-bond acceptors (Lipinski definition) is 4. The summed E-state index contributed by atoms with van der Waals surface area (Å²) in [6.45, 7) is 11.6. The Kier molecular flexibility index (Phi) is 6.88. The van der Waals surface area contributed by atoms with Crippen LogP contribution in [0.2, 0.25) is 0 Å². The largest absolute Gasteiger partial charge is 0.444 e. The molecule has 1 aromatic rings. The molecule has 0 radical (unpaired) electrons. The van der Waals surface area contributed by atoms with E-state index in [0.29, 0.717) is 13.2 Å². The molecule has 5 nitrogen and oxygen atoms in total. The van der Waals surface area contributed by atoms with Crippen LogP contribution in [0.4, 0.5) is 4.79 Å². The molecule has 1 aliphatic rings. The summed E-state index contributed by atoms with van der Waals surface area (Å²) in [5, 5.41) is 0. The van der Waals surface area contributed by atoms with Crippen LogP contribution in [0.25, 0.3) is 0 Å². The third kappa shape index (κ3) is 5.97. The SMILES string of the molecule is COCc1cc(CN2CCN(C(=O)OC(C)(C)C)C(C)C2)ccc1Br. The van der Waals surface area contributed by atoms with Crippen molar-refractivity contribution in [2.24, 2.45) is 0 Å². The fourth-order valence-electron chi connectivity index (χ4n) is 3.02. The molecule has 0 bridgehead atoms. The summed E-state index contributed by atoms with van der Waals surface area (Å²) in [6, 6.07) is 6.52. The quantitative estimate of drug-likeness (QED) is 0.748. The van der Waals surface area contributed by atoms with E-state index in [2.05, 4.69) is 46.0 Å². The number of ether oxygens (including phenoxy) is 2. The number of hydrogen-bond donors (Lipinski definition) is 0. The zero-order chi connectivity index (χ0) is 18.6. The molecule has 1 aromatic carbocycles. The number of rotatable bonds is 4. The van der Waals surface area contributed by atoms with Crippen LogP contribution in [-0.4, -0.2) is 54.3 Å². The molecule has 1 fully saturated rings. The maximum Gasteiger partial charge on any atom is 0.410 e. The molecule has 0 N–H and O–H groups in total. The summed E-state index contributed by atoms with van der Waals surface area (Å²) in [5.41, 5.74) is 1.96. The minimum Gasteiger partial charge on any atom is -0.444 e. The van der Waals surface area contributed by atoms with E-state index in [1.54, 1.807) is 7.11 Å². The lowest BCUT2D eigenvalue weighted by atomic mass is 10.1. The van der Waals surface area contributed by atoms with Crippen molar-refractivity contribution in [3.63, 3.8) is 0 Å². The van der Waals surface area contributed by atoms with Crippen molar-refractivity contribution in [3.8, 4) is 0 Å². The minimum atomic E-state index is -0.455. The van der Waals surface area contributed by atoms with Gasteiger partial charge in [-0.25, -0.2) is 4.79 Å². The first-order valence-electron chi connectivity index (χ1n) is 8.68. The molecule has 0 saturated carbocycles. The normalized spacial score (nSPS) is 19.1. The average Bonchev–Trinajstić information content (AvgIpc) is 2.49. The zero-order valence-electron chi connectivity index (χ0n) is 15.8. The van der Waals surface area contributed by atoms with Gasteiger partial charge in [0.2, 0.25) is 0 Å². The fraction of sp³-hybridized carbons (Fsp3) is 0.632. The molecule has 6 heteroatoms. The monoisotopic (exact) mass is 412 g/mol. The zero-order valence-corrected chi connectivity index (χ0v) is 17.4. The highest BCUT2D eigenvalue weighted by atomic mass is 79.9. The van der Waals surface area contributed by atoms with Crippen molar-refractivity contribution in [2.45, 2.75) is 52.5 Å². The van der Waals surface area contributed by atoms with Crippen LogP contribution in [0, 0.1) is 0 Å². The first-order valence-corrected chi connectivity index (χ1v) is 9.47. The van der Waals surface area contributed by atoms with Crippen LogP contribution in [0.3, 0.4) is 0 Å². The van der Waals surface area contributed by atoms with Crippen LogP contribution < -0.4 is 0 Å². The second-order valence-corrected chi connectivity index (χ2v) is 8.47. The predicted octanol–water partition coefficient (Wildman–Crippen LogP) is 4.04. The summed E-state index contributed by atoms with van der Waals surface area (Å²) in [5.74, 6) is 0. The maximum absolute atomic E-state index is 12.3. The van der Waals surface area contributed by atoms with Crippen LogP contribution in [0.5, 0.6) is 0 Å². The molecule has 1 aliphatic heterocycles. The Balaban J connectivity index is 1.95. The summed E-state index contributed by atoms with van der Waals surface area (Å²) in [6.07, 6.45) is -0.217. The number of benzene rings is 1. The third-order valence-corrected chi connectivity index (χ3v) is 4.93. The van der Waals surface area contributed by atoms with Gasteiger partial charge in [0.05, 0.1) is 6.61 Å². The highest BCUT2D eigenvalue weighted by Crippen LogP contribution is 2.22. The van der Waals surface area contributed by atoms with Crippen molar-refractivity contribution in [1.82, 2.24) is 9.80 Å². The summed E-state index contributed by atoms with van der Waals surface area (Å²) >= 11 is 3.56. The van der Waals surface area contributed by atoms with Gasteiger partial charge >= 0.3 is 6.09 Å². The second-order valence-electron chi connectivity index (χ2n) is 7.62. The number of halogens is 1. The lowest BCUT2D eigenvalue weighted by molar-refractivity contribution is 0.000556. The molecule has 1 saturated heterocycles. The maximum atomic E-state index is 12.3. The van der Waals surface area contributed by atoms with Crippen molar-refractivity contribution >= 4 is 22.0 Å². The Hall–Kier alpha value is -1.11. The van der Waals surface area contributed by atoms with Gasteiger partial charge in [-0.1, -0.05) is 28.1 Å². The molecule has 1 heterocycles. The standard InChI is InChI=1S/C19H29BrN2O3/c1-14-11-21(8-9-22(14)18(23)25-19(2,3)4)12-15-6-7-17(20)16(10-15)13-24-5/h6-7,10,14H,8-9,11-13H2,1-5H3. The van der Waals surface area contributed by atoms with Crippen LogP contribution in [0.15, 0.2) is 22.7 Å². The topological polar surface area (TPSA) is 42.0 Å². The molecule has 140 valence electrons. The van der Waals surface area contributed by atoms with Gasteiger partial charge in [0, 0.05) is 43.8 Å². The first-order chi connectivity index (χ1) is 11.7. The van der Waals surface area contributed by atoms with E-state index in [9.17, 15) is 4.79 Å². The van der Waals surface area contributed by atoms with Gasteiger partial charge < -0.3 is 14.4 Å². The lowest BCUT2D eigenvalue weighted by Crippen LogP contribution is -2.54. The Morgan fingerprint density at radius 3 is 2.64 bits per heavy atom. The highest BCUT2D eigenvalue weighted by molar-refractivity contribution is 9.10. The highest BCUT2D eigenvalue weighted by Gasteiger charge is 2.30. The summed E-state index contributed by atoms with van der Waals surface area (Å²) in [7, 11) is 1.71. The second kappa shape index (κ2) is 8.52. The molecule has 0 aromatic heterocycles. The molecule has 0 spiro atoms. The molecule has 2 rings (SSSR count). The van der Waals surface area contributed by atoms with Gasteiger partial charge in [-0.05, 0) is 44.9 Å². The van der Waals surface area contributed by atoms with Crippen molar-refractivity contribution in [1.29, 1.82) is 0 Å². The van der Waals surface area contributed by atoms with Gasteiger partial charge in [-0.3, -0.25) is 4.90 Å². The molecule has 1 unspecified atom stereocenters. The Bertz CT molecular complexity index is 601. The van der Waals surface area contributed by atoms with E-state index in [-0.39, 0.29) is 12.1 Å². The Morgan fingerprint density at radius 2 is 2.04 bits per heavy atom. The van der Waals surface area contributed by atoms with E-state index in [1.165, 1.54) is 5.56 Å². The van der Waals surface area contributed by atoms with Crippen molar-refractivity contribution in [2.75, 3.05) is 26.7 Å². The van der Waals surface area contributed by atoms with Gasteiger partial charge in [0.25, 0.3) is 0 Å². The van der Waals surface area contributed by atoms with E-state index in [0.717, 1.165) is 29.7 Å². The first kappa shape index (κ1) is 20.2. The average molecular weight is 413 g/mol. The van der Waals surface area contributed by atoms with Gasteiger partial charge in [-0.15, -0.1) is 0 Å². The number of piperazine rings is 1. The van der Waals surface area contributed by atoms with E-state index in [1.807, 2.05) is 25.7 Å². The van der Waals surface area contributed by atoms with E-state index >= 15 is 0 Å². The number of nitrogens with zero attached hydrogens (tertiary/aromatic N) is 2. The molecule has 1 atom stereocenters. The summed E-state index contributed by atoms with van der Waals surface area (Å²) in [4.78, 5) is 16.5. The Labute approximate surface area is 159 Å². The van der Waals surface area contributed by atoms with Gasteiger partial charge in [0.1, 0.15) is 5.60 Å². The number of carbonyl (C=O) groups excluding carboxylic acids is 1. The number of methoxy groups -OCH3 is 1.